The lowest BCUT2D eigenvalue weighted by Crippen LogP contribution is -2.44. The van der Waals surface area contributed by atoms with Crippen molar-refractivity contribution in [1.29, 1.82) is 0 Å². The lowest BCUT2D eigenvalue weighted by molar-refractivity contribution is -0.182. The molecule has 1 aliphatic rings. The van der Waals surface area contributed by atoms with E-state index in [1.165, 1.54) is 6.07 Å². The van der Waals surface area contributed by atoms with E-state index in [-0.39, 0.29) is 23.6 Å². The molecule has 0 spiro atoms. The van der Waals surface area contributed by atoms with E-state index in [9.17, 15) is 21.6 Å². The van der Waals surface area contributed by atoms with Crippen molar-refractivity contribution in [2.75, 3.05) is 20.1 Å². The van der Waals surface area contributed by atoms with Crippen LogP contribution in [0.5, 0.6) is 0 Å². The van der Waals surface area contributed by atoms with Crippen molar-refractivity contribution in [1.82, 2.24) is 9.62 Å². The number of sulfonamides is 1. The van der Waals surface area contributed by atoms with E-state index < -0.39 is 28.7 Å². The summed E-state index contributed by atoms with van der Waals surface area (Å²) in [6.07, 6.45) is -4.12. The van der Waals surface area contributed by atoms with E-state index in [1.807, 2.05) is 0 Å². The highest BCUT2D eigenvalue weighted by Gasteiger charge is 2.44. The van der Waals surface area contributed by atoms with Crippen molar-refractivity contribution in [3.63, 3.8) is 0 Å². The number of halogens is 3. The number of alkyl halides is 3. The highest BCUT2D eigenvalue weighted by atomic mass is 32.2. The van der Waals surface area contributed by atoms with Gasteiger partial charge in [0.2, 0.25) is 0 Å². The predicted molar refractivity (Wildman–Crippen MR) is 74.6 cm³/mol. The Kier molecular flexibility index (Phi) is 4.96. The molecule has 1 aliphatic heterocycles. The highest BCUT2D eigenvalue weighted by molar-refractivity contribution is 7.91. The van der Waals surface area contributed by atoms with Gasteiger partial charge >= 0.3 is 6.18 Å². The van der Waals surface area contributed by atoms with Crippen LogP contribution in [0.25, 0.3) is 0 Å². The number of hydrogen-bond donors (Lipinski definition) is 1. The third-order valence-corrected chi connectivity index (χ3v) is 6.78. The van der Waals surface area contributed by atoms with Gasteiger partial charge in [0.25, 0.3) is 10.0 Å². The van der Waals surface area contributed by atoms with E-state index in [1.54, 1.807) is 12.4 Å². The molecule has 1 fully saturated rings. The van der Waals surface area contributed by atoms with Crippen LogP contribution in [0.4, 0.5) is 13.2 Å². The lowest BCUT2D eigenvalue weighted by Gasteiger charge is -2.32. The molecule has 120 valence electrons. The normalized spacial score (nSPS) is 21.6. The first kappa shape index (κ1) is 16.7. The third-order valence-electron chi connectivity index (χ3n) is 3.45. The maximum atomic E-state index is 12.8. The van der Waals surface area contributed by atoms with Gasteiger partial charge in [-0.3, -0.25) is 0 Å². The monoisotopic (exact) mass is 342 g/mol. The maximum absolute atomic E-state index is 12.8. The second-order valence-electron chi connectivity index (χ2n) is 5.05. The predicted octanol–water partition coefficient (Wildman–Crippen LogP) is 2.43. The molecule has 1 aromatic rings. The number of piperidine rings is 1. The number of nitrogens with zero attached hydrogens (tertiary/aromatic N) is 1. The summed E-state index contributed by atoms with van der Waals surface area (Å²) in [4.78, 5) is 0. The summed E-state index contributed by atoms with van der Waals surface area (Å²) in [6, 6.07) is 1.52. The van der Waals surface area contributed by atoms with Gasteiger partial charge in [-0.05, 0) is 36.9 Å². The summed E-state index contributed by atoms with van der Waals surface area (Å²) in [6.45, 7) is 0.191. The fourth-order valence-corrected chi connectivity index (χ4v) is 5.23. The molecule has 1 unspecified atom stereocenters. The lowest BCUT2D eigenvalue weighted by atomic mass is 9.99. The smallest absolute Gasteiger partial charge is 0.316 e. The first-order valence-electron chi connectivity index (χ1n) is 6.54. The van der Waals surface area contributed by atoms with Gasteiger partial charge in [-0.25, -0.2) is 8.42 Å². The topological polar surface area (TPSA) is 49.4 Å². The van der Waals surface area contributed by atoms with Crippen LogP contribution in [0.3, 0.4) is 0 Å². The van der Waals surface area contributed by atoms with Gasteiger partial charge in [-0.2, -0.15) is 17.5 Å². The number of rotatable bonds is 4. The minimum Gasteiger partial charge on any atom is -0.316 e. The van der Waals surface area contributed by atoms with Crippen LogP contribution in [0.2, 0.25) is 0 Å². The van der Waals surface area contributed by atoms with Crippen LogP contribution < -0.4 is 5.32 Å². The molecule has 0 bridgehead atoms. The molecule has 0 aliphatic carbocycles. The summed E-state index contributed by atoms with van der Waals surface area (Å²) in [7, 11) is -2.09. The standard InChI is InChI=1S/C12H17F3N2O2S2/c1-16-6-9-5-11(20-8-9)21(18,19)17-4-2-3-10(7-17)12(13,14)15/h5,8,10,16H,2-4,6-7H2,1H3. The molecule has 0 radical (unpaired) electrons. The molecule has 1 atom stereocenters. The Balaban J connectivity index is 2.18. The molecule has 2 rings (SSSR count). The molecule has 4 nitrogen and oxygen atoms in total. The Hall–Kier alpha value is -0.640. The molecule has 9 heteroatoms. The Morgan fingerprint density at radius 1 is 1.48 bits per heavy atom. The second kappa shape index (κ2) is 6.23. The molecule has 1 aromatic heterocycles. The van der Waals surface area contributed by atoms with Crippen LogP contribution in [-0.4, -0.2) is 39.0 Å². The summed E-state index contributed by atoms with van der Waals surface area (Å²) in [5.41, 5.74) is 0.811. The van der Waals surface area contributed by atoms with Gasteiger partial charge in [0.15, 0.2) is 0 Å². The van der Waals surface area contributed by atoms with Crippen molar-refractivity contribution < 1.29 is 21.6 Å². The molecule has 0 saturated carbocycles. The van der Waals surface area contributed by atoms with Crippen molar-refractivity contribution in [2.24, 2.45) is 5.92 Å². The van der Waals surface area contributed by atoms with Crippen molar-refractivity contribution in [2.45, 2.75) is 29.8 Å². The maximum Gasteiger partial charge on any atom is 0.393 e. The molecule has 0 aromatic carbocycles. The van der Waals surface area contributed by atoms with Crippen molar-refractivity contribution in [3.8, 4) is 0 Å². The van der Waals surface area contributed by atoms with E-state index in [4.69, 9.17) is 0 Å². The SMILES string of the molecule is CNCc1csc(S(=O)(=O)N2CCCC(C(F)(F)F)C2)c1. The zero-order valence-electron chi connectivity index (χ0n) is 11.5. The Morgan fingerprint density at radius 3 is 2.81 bits per heavy atom. The highest BCUT2D eigenvalue weighted by Crippen LogP contribution is 2.35. The number of thiophene rings is 1. The Morgan fingerprint density at radius 2 is 2.19 bits per heavy atom. The van der Waals surface area contributed by atoms with Crippen LogP contribution in [0.1, 0.15) is 18.4 Å². The molecule has 1 saturated heterocycles. The fourth-order valence-electron chi connectivity index (χ4n) is 2.34. The average molecular weight is 342 g/mol. The zero-order valence-corrected chi connectivity index (χ0v) is 13.1. The number of nitrogens with one attached hydrogen (secondary N) is 1. The minimum absolute atomic E-state index is 0.00896. The van der Waals surface area contributed by atoms with E-state index in [0.29, 0.717) is 6.54 Å². The molecule has 2 heterocycles. The van der Waals surface area contributed by atoms with Gasteiger partial charge in [0, 0.05) is 19.6 Å². The zero-order chi connectivity index (χ0) is 15.7. The van der Waals surface area contributed by atoms with Gasteiger partial charge in [0.1, 0.15) is 4.21 Å². The first-order chi connectivity index (χ1) is 9.75. The minimum atomic E-state index is -4.35. The molecule has 1 N–H and O–H groups in total. The summed E-state index contributed by atoms with van der Waals surface area (Å²) in [5, 5.41) is 4.61. The van der Waals surface area contributed by atoms with Crippen LogP contribution in [0.15, 0.2) is 15.7 Å². The summed E-state index contributed by atoms with van der Waals surface area (Å²) in [5.74, 6) is -1.57. The third kappa shape index (κ3) is 3.77. The van der Waals surface area contributed by atoms with Crippen LogP contribution >= 0.6 is 11.3 Å². The fraction of sp³-hybridized carbons (Fsp3) is 0.667. The van der Waals surface area contributed by atoms with E-state index >= 15 is 0 Å². The van der Waals surface area contributed by atoms with Crippen LogP contribution in [0, 0.1) is 5.92 Å². The first-order valence-corrected chi connectivity index (χ1v) is 8.86. The summed E-state index contributed by atoms with van der Waals surface area (Å²) >= 11 is 1.05. The second-order valence-corrected chi connectivity index (χ2v) is 8.12. The van der Waals surface area contributed by atoms with Gasteiger partial charge < -0.3 is 5.32 Å². The Bertz CT molecular complexity index is 584. The van der Waals surface area contributed by atoms with Crippen molar-refractivity contribution in [3.05, 3.63) is 17.0 Å². The average Bonchev–Trinajstić information content (AvgIpc) is 2.88. The largest absolute Gasteiger partial charge is 0.393 e. The van der Waals surface area contributed by atoms with Gasteiger partial charge in [-0.15, -0.1) is 11.3 Å². The molecule has 0 amide bonds. The van der Waals surface area contributed by atoms with Gasteiger partial charge in [0.05, 0.1) is 5.92 Å². The molecular formula is C12H17F3N2O2S2. The van der Waals surface area contributed by atoms with Crippen LogP contribution in [-0.2, 0) is 16.6 Å². The molecular weight excluding hydrogens is 325 g/mol. The Labute approximate surface area is 126 Å². The van der Waals surface area contributed by atoms with E-state index in [0.717, 1.165) is 21.2 Å². The quantitative estimate of drug-likeness (QED) is 0.914. The summed E-state index contributed by atoms with van der Waals surface area (Å²) < 4.78 is 64.3. The number of hydrogen-bond acceptors (Lipinski definition) is 4. The van der Waals surface area contributed by atoms with Gasteiger partial charge in [-0.1, -0.05) is 0 Å². The van der Waals surface area contributed by atoms with E-state index in [2.05, 4.69) is 5.32 Å². The molecule has 21 heavy (non-hydrogen) atoms. The van der Waals surface area contributed by atoms with Crippen molar-refractivity contribution >= 4 is 21.4 Å².